The van der Waals surface area contributed by atoms with Crippen molar-refractivity contribution in [1.82, 2.24) is 5.32 Å². The molecule has 1 fully saturated rings. The molecule has 1 aromatic heterocycles. The Hall–Kier alpha value is -4.56. The van der Waals surface area contributed by atoms with E-state index in [9.17, 15) is 40.2 Å². The number of benzene rings is 3. The molecule has 47 heavy (non-hydrogen) atoms. The number of aliphatic carboxylic acids is 1. The lowest BCUT2D eigenvalue weighted by molar-refractivity contribution is -0.338. The van der Waals surface area contributed by atoms with Gasteiger partial charge < -0.3 is 44.5 Å². The fourth-order valence-electron chi connectivity index (χ4n) is 5.41. The fraction of sp³-hybridized carbons (Fsp3) is 0.314. The number of phenols is 1. The third kappa shape index (κ3) is 7.38. The average molecular weight is 648 g/mol. The van der Waals surface area contributed by atoms with Crippen molar-refractivity contribution in [3.05, 3.63) is 101 Å². The van der Waals surface area contributed by atoms with E-state index in [2.05, 4.69) is 5.32 Å². The van der Waals surface area contributed by atoms with Crippen LogP contribution in [0.2, 0.25) is 0 Å². The molecule has 0 spiro atoms. The van der Waals surface area contributed by atoms with Gasteiger partial charge in [0.1, 0.15) is 41.8 Å². The van der Waals surface area contributed by atoms with Gasteiger partial charge in [-0.3, -0.25) is 10.1 Å². The summed E-state index contributed by atoms with van der Waals surface area (Å²) in [5.41, 5.74) is -1.19. The van der Waals surface area contributed by atoms with E-state index in [4.69, 9.17) is 13.9 Å². The molecule has 7 atom stereocenters. The quantitative estimate of drug-likeness (QED) is 0.111. The van der Waals surface area contributed by atoms with Gasteiger partial charge in [0.25, 0.3) is 0 Å². The van der Waals surface area contributed by atoms with E-state index < -0.39 is 42.4 Å². The molecule has 0 aliphatic carbocycles. The standard InChI is InChI=1S/C35H37NO11/c1-20(6-5-9-21-7-3-2-4-8-21)16-17-36-33(43)35(44)31(40)29(39)30(32(41)42)47-34(35)46-24-14-15-25-27(18-24)45-19-26(28(25)38)22-10-12-23(37)13-11-22/h2-5,7-15,18-20,29-31,33-34,36-37,39-40,43-44H,6,16-17H2,1H3,(H,41,42)/t20-,29+,30-,31-,33+,34+,35+/m0/s1. The number of carbonyl (C=O) groups is 1. The van der Waals surface area contributed by atoms with Crippen molar-refractivity contribution in [2.75, 3.05) is 6.54 Å². The minimum atomic E-state index is -2.74. The molecular formula is C35H37NO11. The van der Waals surface area contributed by atoms with Crippen molar-refractivity contribution < 1.29 is 49.3 Å². The molecule has 0 unspecified atom stereocenters. The van der Waals surface area contributed by atoms with Gasteiger partial charge in [0.05, 0.1) is 10.9 Å². The Morgan fingerprint density at radius 1 is 1.09 bits per heavy atom. The second-order valence-corrected chi connectivity index (χ2v) is 11.7. The lowest BCUT2D eigenvalue weighted by Gasteiger charge is -2.48. The average Bonchev–Trinajstić information content (AvgIpc) is 3.06. The first-order chi connectivity index (χ1) is 22.5. The van der Waals surface area contributed by atoms with Gasteiger partial charge in [0, 0.05) is 6.07 Å². The third-order valence-electron chi connectivity index (χ3n) is 8.23. The van der Waals surface area contributed by atoms with Crippen LogP contribution in [-0.4, -0.2) is 79.6 Å². The first-order valence-corrected chi connectivity index (χ1v) is 15.1. The van der Waals surface area contributed by atoms with Crippen molar-refractivity contribution in [2.24, 2.45) is 5.92 Å². The van der Waals surface area contributed by atoms with E-state index in [0.29, 0.717) is 12.0 Å². The monoisotopic (exact) mass is 647 g/mol. The summed E-state index contributed by atoms with van der Waals surface area (Å²) in [5.74, 6) is -1.47. The van der Waals surface area contributed by atoms with Crippen molar-refractivity contribution >= 4 is 23.0 Å². The number of carboxylic acids is 1. The maximum Gasteiger partial charge on any atom is 0.335 e. The van der Waals surface area contributed by atoms with E-state index >= 15 is 0 Å². The summed E-state index contributed by atoms with van der Waals surface area (Å²) in [7, 11) is 0. The number of carboxylic acid groups (broad SMARTS) is 1. The van der Waals surface area contributed by atoms with E-state index in [1.165, 1.54) is 36.6 Å². The highest BCUT2D eigenvalue weighted by molar-refractivity contribution is 5.82. The van der Waals surface area contributed by atoms with Gasteiger partial charge in [0.15, 0.2) is 17.1 Å². The number of phenolic OH excluding ortho intramolecular Hbond substituents is 1. The number of hydrogen-bond acceptors (Lipinski definition) is 11. The summed E-state index contributed by atoms with van der Waals surface area (Å²) >= 11 is 0. The Bertz CT molecular complexity index is 1760. The van der Waals surface area contributed by atoms with Crippen LogP contribution in [0.3, 0.4) is 0 Å². The van der Waals surface area contributed by atoms with E-state index in [1.807, 2.05) is 49.4 Å². The Morgan fingerprint density at radius 3 is 2.51 bits per heavy atom. The number of rotatable bonds is 12. The zero-order chi connectivity index (χ0) is 33.7. The van der Waals surface area contributed by atoms with Crippen molar-refractivity contribution in [2.45, 2.75) is 56.2 Å². The first-order valence-electron chi connectivity index (χ1n) is 15.1. The number of nitrogens with one attached hydrogen (secondary N) is 1. The van der Waals surface area contributed by atoms with E-state index in [0.717, 1.165) is 12.0 Å². The first kappa shape index (κ1) is 33.8. The molecule has 2 heterocycles. The van der Waals surface area contributed by atoms with Gasteiger partial charge in [-0.05, 0) is 60.7 Å². The molecular weight excluding hydrogens is 610 g/mol. The molecule has 7 N–H and O–H groups in total. The van der Waals surface area contributed by atoms with E-state index in [1.54, 1.807) is 12.1 Å². The van der Waals surface area contributed by atoms with Crippen LogP contribution in [0.4, 0.5) is 0 Å². The third-order valence-corrected chi connectivity index (χ3v) is 8.23. The molecule has 0 bridgehead atoms. The zero-order valence-corrected chi connectivity index (χ0v) is 25.5. The SMILES string of the molecule is C[C@@H](CC=Cc1ccccc1)CCN[C@H](O)[C@@]1(O)[C@H](Oc2ccc3c(=O)c(-c4ccc(O)cc4)coc3c2)O[C@H](C(=O)O)[C@@H](O)[C@@H]1O. The van der Waals surface area contributed by atoms with Gasteiger partial charge in [0.2, 0.25) is 6.29 Å². The van der Waals surface area contributed by atoms with Gasteiger partial charge in [-0.1, -0.05) is 61.5 Å². The number of ether oxygens (including phenoxy) is 2. The summed E-state index contributed by atoms with van der Waals surface area (Å²) in [5, 5.41) is 66.2. The Kier molecular flexibility index (Phi) is 10.4. The number of hydrogen-bond donors (Lipinski definition) is 7. The molecule has 0 radical (unpaired) electrons. The second kappa shape index (κ2) is 14.5. The van der Waals surface area contributed by atoms with Gasteiger partial charge in [-0.2, -0.15) is 0 Å². The van der Waals surface area contributed by atoms with Crippen LogP contribution in [0.25, 0.3) is 28.2 Å². The highest BCUT2D eigenvalue weighted by atomic mass is 16.7. The van der Waals surface area contributed by atoms with Crippen molar-refractivity contribution in [3.8, 4) is 22.6 Å². The largest absolute Gasteiger partial charge is 0.508 e. The molecule has 248 valence electrons. The number of allylic oxidation sites excluding steroid dienone is 1. The number of aromatic hydroxyl groups is 1. The maximum absolute atomic E-state index is 13.2. The van der Waals surface area contributed by atoms with Crippen LogP contribution in [0.5, 0.6) is 11.5 Å². The number of aliphatic hydroxyl groups excluding tert-OH is 3. The summed E-state index contributed by atoms with van der Waals surface area (Å²) in [6.07, 6.45) is -3.65. The van der Waals surface area contributed by atoms with Gasteiger partial charge in [-0.15, -0.1) is 0 Å². The Balaban J connectivity index is 1.32. The van der Waals surface area contributed by atoms with E-state index in [-0.39, 0.29) is 45.9 Å². The number of aliphatic hydroxyl groups is 4. The van der Waals surface area contributed by atoms with Crippen LogP contribution in [0.1, 0.15) is 25.3 Å². The topological polar surface area (TPSA) is 199 Å². The number of fused-ring (bicyclic) bond motifs is 1. The normalized spacial score (nSPS) is 24.3. The Morgan fingerprint density at radius 2 is 1.81 bits per heavy atom. The van der Waals surface area contributed by atoms with Gasteiger partial charge in [-0.25, -0.2) is 4.79 Å². The van der Waals surface area contributed by atoms with Crippen LogP contribution >= 0.6 is 0 Å². The molecule has 5 rings (SSSR count). The molecule has 3 aromatic carbocycles. The molecule has 1 saturated heterocycles. The molecule has 0 saturated carbocycles. The summed E-state index contributed by atoms with van der Waals surface area (Å²) in [6, 6.07) is 19.9. The molecule has 1 aliphatic rings. The fourth-order valence-corrected chi connectivity index (χ4v) is 5.41. The summed E-state index contributed by atoms with van der Waals surface area (Å²) < 4.78 is 16.9. The predicted octanol–water partition coefficient (Wildman–Crippen LogP) is 2.84. The van der Waals surface area contributed by atoms with Crippen LogP contribution < -0.4 is 15.5 Å². The highest BCUT2D eigenvalue weighted by Gasteiger charge is 2.61. The predicted molar refractivity (Wildman–Crippen MR) is 171 cm³/mol. The molecule has 4 aromatic rings. The minimum absolute atomic E-state index is 0.0372. The van der Waals surface area contributed by atoms with Crippen LogP contribution in [0.15, 0.2) is 94.3 Å². The van der Waals surface area contributed by atoms with Gasteiger partial charge >= 0.3 is 5.97 Å². The zero-order valence-electron chi connectivity index (χ0n) is 25.5. The molecule has 0 amide bonds. The van der Waals surface area contributed by atoms with Crippen LogP contribution in [-0.2, 0) is 9.53 Å². The maximum atomic E-state index is 13.2. The van der Waals surface area contributed by atoms with Crippen molar-refractivity contribution in [1.29, 1.82) is 0 Å². The second-order valence-electron chi connectivity index (χ2n) is 11.7. The smallest absolute Gasteiger partial charge is 0.335 e. The Labute approximate surface area is 269 Å². The molecule has 12 nitrogen and oxygen atoms in total. The minimum Gasteiger partial charge on any atom is -0.508 e. The molecule has 12 heteroatoms. The summed E-state index contributed by atoms with van der Waals surface area (Å²) in [4.78, 5) is 25.0. The highest BCUT2D eigenvalue weighted by Crippen LogP contribution is 2.35. The van der Waals surface area contributed by atoms with Crippen LogP contribution in [0, 0.1) is 5.92 Å². The lowest BCUT2D eigenvalue weighted by atomic mass is 9.84. The lowest BCUT2D eigenvalue weighted by Crippen LogP contribution is -2.75. The summed E-state index contributed by atoms with van der Waals surface area (Å²) in [6.45, 7) is 2.20. The molecule has 1 aliphatic heterocycles. The van der Waals surface area contributed by atoms with Crippen molar-refractivity contribution in [3.63, 3.8) is 0 Å².